The minimum Gasteiger partial charge on any atom is -0.303 e. The predicted octanol–water partition coefficient (Wildman–Crippen LogP) is 13.0. The van der Waals surface area contributed by atoms with Crippen LogP contribution in [0.4, 0.5) is 0 Å². The van der Waals surface area contributed by atoms with Crippen molar-refractivity contribution in [2.24, 2.45) is 0 Å². The molecule has 2 heteroatoms. The maximum absolute atomic E-state index is 2.85. The zero-order chi connectivity index (χ0) is 26.9. The molecule has 0 aromatic heterocycles. The van der Waals surface area contributed by atoms with Crippen LogP contribution in [0.25, 0.3) is 0 Å². The monoisotopic (exact) mass is 619 g/mol. The van der Waals surface area contributed by atoms with Gasteiger partial charge in [0, 0.05) is 21.1 Å². The van der Waals surface area contributed by atoms with Crippen LogP contribution in [-0.2, 0) is 21.1 Å². The van der Waals surface area contributed by atoms with Gasteiger partial charge in [0.05, 0.1) is 0 Å². The van der Waals surface area contributed by atoms with Gasteiger partial charge in [-0.1, -0.05) is 194 Å². The molecular formula is C36H75MoN. The average Bonchev–Trinajstić information content (AvgIpc) is 2.91. The molecule has 0 saturated heterocycles. The fourth-order valence-corrected chi connectivity index (χ4v) is 5.80. The SMILES string of the molecule is CCCCCCCCCCCCN(CCCCCCCCCCCC)CCCCCCCCCCCC.[Mo]. The van der Waals surface area contributed by atoms with Crippen LogP contribution in [-0.4, -0.2) is 24.5 Å². The zero-order valence-electron chi connectivity index (χ0n) is 27.2. The van der Waals surface area contributed by atoms with Crippen molar-refractivity contribution in [3.63, 3.8) is 0 Å². The quantitative estimate of drug-likeness (QED) is 0.0523. The van der Waals surface area contributed by atoms with E-state index in [0.717, 1.165) is 0 Å². The first-order valence-electron chi connectivity index (χ1n) is 18.1. The molecule has 0 heterocycles. The van der Waals surface area contributed by atoms with Gasteiger partial charge in [-0.25, -0.2) is 0 Å². The van der Waals surface area contributed by atoms with E-state index in [4.69, 9.17) is 0 Å². The van der Waals surface area contributed by atoms with Crippen LogP contribution in [0.15, 0.2) is 0 Å². The van der Waals surface area contributed by atoms with Crippen molar-refractivity contribution in [2.75, 3.05) is 19.6 Å². The first-order chi connectivity index (χ1) is 18.3. The molecule has 0 fully saturated rings. The third-order valence-electron chi connectivity index (χ3n) is 8.48. The minimum absolute atomic E-state index is 0. The Morgan fingerprint density at radius 3 is 0.579 bits per heavy atom. The Labute approximate surface area is 258 Å². The van der Waals surface area contributed by atoms with E-state index in [9.17, 15) is 0 Å². The van der Waals surface area contributed by atoms with Crippen LogP contribution in [0.5, 0.6) is 0 Å². The van der Waals surface area contributed by atoms with E-state index in [0.29, 0.717) is 0 Å². The third kappa shape index (κ3) is 34.7. The van der Waals surface area contributed by atoms with Crippen molar-refractivity contribution in [1.82, 2.24) is 4.90 Å². The molecule has 0 aliphatic carbocycles. The fraction of sp³-hybridized carbons (Fsp3) is 1.00. The van der Waals surface area contributed by atoms with E-state index in [1.54, 1.807) is 0 Å². The molecule has 38 heavy (non-hydrogen) atoms. The van der Waals surface area contributed by atoms with Gasteiger partial charge in [-0.15, -0.1) is 0 Å². The Balaban J connectivity index is 0. The average molecular weight is 618 g/mol. The van der Waals surface area contributed by atoms with Gasteiger partial charge in [0.25, 0.3) is 0 Å². The zero-order valence-corrected chi connectivity index (χ0v) is 29.2. The van der Waals surface area contributed by atoms with Gasteiger partial charge in [-0.3, -0.25) is 0 Å². The van der Waals surface area contributed by atoms with Crippen molar-refractivity contribution >= 4 is 0 Å². The van der Waals surface area contributed by atoms with Gasteiger partial charge in [0.1, 0.15) is 0 Å². The number of unbranched alkanes of at least 4 members (excludes halogenated alkanes) is 27. The molecule has 0 radical (unpaired) electrons. The van der Waals surface area contributed by atoms with Gasteiger partial charge in [0.15, 0.2) is 0 Å². The first-order valence-corrected chi connectivity index (χ1v) is 18.1. The van der Waals surface area contributed by atoms with Crippen LogP contribution in [0, 0.1) is 0 Å². The molecule has 0 aliphatic rings. The van der Waals surface area contributed by atoms with Crippen LogP contribution in [0.3, 0.4) is 0 Å². The molecule has 0 unspecified atom stereocenters. The maximum Gasteiger partial charge on any atom is 0 e. The summed E-state index contributed by atoms with van der Waals surface area (Å²) in [6.07, 6.45) is 43.6. The smallest absolute Gasteiger partial charge is 0 e. The molecule has 0 rings (SSSR count). The van der Waals surface area contributed by atoms with Gasteiger partial charge in [-0.05, 0) is 38.9 Å². The predicted molar refractivity (Wildman–Crippen MR) is 172 cm³/mol. The summed E-state index contributed by atoms with van der Waals surface area (Å²) in [6.45, 7) is 11.0. The van der Waals surface area contributed by atoms with E-state index in [-0.39, 0.29) is 21.1 Å². The number of hydrogen-bond donors (Lipinski definition) is 0. The first kappa shape index (κ1) is 40.8. The standard InChI is InChI=1S/C36H75N.Mo/c1-4-7-10-13-16-19-22-25-28-31-34-37(35-32-29-26-23-20-17-14-11-8-5-2)36-33-30-27-24-21-18-15-12-9-6-3;/h4-36H2,1-3H3;. The molecule has 0 aromatic carbocycles. The summed E-state index contributed by atoms with van der Waals surface area (Å²) >= 11 is 0. The van der Waals surface area contributed by atoms with E-state index < -0.39 is 0 Å². The summed E-state index contributed by atoms with van der Waals surface area (Å²) < 4.78 is 0. The minimum atomic E-state index is 0. The molecule has 0 aromatic rings. The van der Waals surface area contributed by atoms with Gasteiger partial charge in [0.2, 0.25) is 0 Å². The normalized spacial score (nSPS) is 11.4. The Morgan fingerprint density at radius 2 is 0.395 bits per heavy atom. The van der Waals surface area contributed by atoms with Crippen LogP contribution >= 0.6 is 0 Å². The summed E-state index contributed by atoms with van der Waals surface area (Å²) in [5, 5.41) is 0. The molecule has 0 spiro atoms. The summed E-state index contributed by atoms with van der Waals surface area (Å²) in [5.74, 6) is 0. The largest absolute Gasteiger partial charge is 0.303 e. The number of hydrogen-bond acceptors (Lipinski definition) is 1. The molecule has 0 saturated carbocycles. The van der Waals surface area contributed by atoms with Gasteiger partial charge in [-0.2, -0.15) is 0 Å². The van der Waals surface area contributed by atoms with Crippen LogP contribution in [0.2, 0.25) is 0 Å². The summed E-state index contributed by atoms with van der Waals surface area (Å²) in [6, 6.07) is 0. The van der Waals surface area contributed by atoms with Crippen LogP contribution in [0.1, 0.15) is 213 Å². The van der Waals surface area contributed by atoms with E-state index in [1.165, 1.54) is 212 Å². The van der Waals surface area contributed by atoms with Crippen LogP contribution < -0.4 is 0 Å². The second-order valence-electron chi connectivity index (χ2n) is 12.4. The van der Waals surface area contributed by atoms with Gasteiger partial charge >= 0.3 is 0 Å². The number of rotatable bonds is 33. The second-order valence-corrected chi connectivity index (χ2v) is 12.4. The van der Waals surface area contributed by atoms with Crippen molar-refractivity contribution in [2.45, 2.75) is 213 Å². The van der Waals surface area contributed by atoms with Crippen molar-refractivity contribution in [1.29, 1.82) is 0 Å². The van der Waals surface area contributed by atoms with Crippen molar-refractivity contribution in [3.05, 3.63) is 0 Å². The molecule has 1 nitrogen and oxygen atoms in total. The molecule has 0 atom stereocenters. The third-order valence-corrected chi connectivity index (χ3v) is 8.48. The molecule has 0 amide bonds. The van der Waals surface area contributed by atoms with Crippen molar-refractivity contribution < 1.29 is 21.1 Å². The molecule has 0 N–H and O–H groups in total. The van der Waals surface area contributed by atoms with Gasteiger partial charge < -0.3 is 4.90 Å². The second kappa shape index (κ2) is 37.6. The van der Waals surface area contributed by atoms with E-state index >= 15 is 0 Å². The maximum atomic E-state index is 2.85. The van der Waals surface area contributed by atoms with Crippen molar-refractivity contribution in [3.8, 4) is 0 Å². The molecule has 230 valence electrons. The van der Waals surface area contributed by atoms with E-state index in [1.807, 2.05) is 0 Å². The Morgan fingerprint density at radius 1 is 0.237 bits per heavy atom. The topological polar surface area (TPSA) is 3.24 Å². The Bertz CT molecular complexity index is 328. The fourth-order valence-electron chi connectivity index (χ4n) is 5.80. The summed E-state index contributed by atoms with van der Waals surface area (Å²) in [7, 11) is 0. The van der Waals surface area contributed by atoms with E-state index in [2.05, 4.69) is 25.7 Å². The summed E-state index contributed by atoms with van der Waals surface area (Å²) in [4.78, 5) is 2.85. The number of nitrogens with zero attached hydrogens (tertiary/aromatic N) is 1. The Kier molecular flexibility index (Phi) is 40.4. The molecule has 0 aliphatic heterocycles. The summed E-state index contributed by atoms with van der Waals surface area (Å²) in [5.41, 5.74) is 0. The molecule has 0 bridgehead atoms. The molecular weight excluding hydrogens is 542 g/mol. The Hall–Kier alpha value is 0.648.